The molecule has 1 aromatic heterocycles. The number of rotatable bonds is 5. The fraction of sp³-hybridized carbons (Fsp3) is 0.318. The Balaban J connectivity index is 1.53. The fourth-order valence-corrected chi connectivity index (χ4v) is 3.97. The van der Waals surface area contributed by atoms with Crippen LogP contribution in [0.5, 0.6) is 0 Å². The van der Waals surface area contributed by atoms with Crippen molar-refractivity contribution < 1.29 is 4.84 Å². The number of nitrogens with zero attached hydrogens (tertiary/aromatic N) is 4. The van der Waals surface area contributed by atoms with E-state index in [1.807, 2.05) is 31.2 Å². The van der Waals surface area contributed by atoms with Gasteiger partial charge in [0.25, 0.3) is 0 Å². The van der Waals surface area contributed by atoms with Gasteiger partial charge in [-0.1, -0.05) is 35.5 Å². The van der Waals surface area contributed by atoms with E-state index in [2.05, 4.69) is 28.5 Å². The maximum absolute atomic E-state index is 12.3. The SMILES string of the molecule is CC(=NOCc1ccccc1-n1c(Cl)nn(C)c1=O)c1ccc2c(c1)CCCC2. The molecule has 0 spiro atoms. The summed E-state index contributed by atoms with van der Waals surface area (Å²) in [6.07, 6.45) is 4.81. The normalized spacial score (nSPS) is 14.0. The van der Waals surface area contributed by atoms with Gasteiger partial charge in [-0.15, -0.1) is 5.10 Å². The predicted octanol–water partition coefficient (Wildman–Crippen LogP) is 4.04. The summed E-state index contributed by atoms with van der Waals surface area (Å²) in [5.74, 6) is 0. The summed E-state index contributed by atoms with van der Waals surface area (Å²) in [7, 11) is 1.57. The van der Waals surface area contributed by atoms with Gasteiger partial charge in [-0.2, -0.15) is 0 Å². The largest absolute Gasteiger partial charge is 0.391 e. The van der Waals surface area contributed by atoms with Gasteiger partial charge >= 0.3 is 5.69 Å². The molecule has 0 radical (unpaired) electrons. The van der Waals surface area contributed by atoms with Crippen LogP contribution in [0, 0.1) is 0 Å². The molecule has 29 heavy (non-hydrogen) atoms. The second-order valence-corrected chi connectivity index (χ2v) is 7.62. The van der Waals surface area contributed by atoms with Gasteiger partial charge in [-0.3, -0.25) is 0 Å². The highest BCUT2D eigenvalue weighted by molar-refractivity contribution is 6.28. The van der Waals surface area contributed by atoms with Crippen molar-refractivity contribution in [3.05, 3.63) is 80.5 Å². The van der Waals surface area contributed by atoms with Gasteiger partial charge in [0.05, 0.1) is 11.4 Å². The third-order valence-corrected chi connectivity index (χ3v) is 5.55. The Kier molecular flexibility index (Phi) is 5.53. The lowest BCUT2D eigenvalue weighted by Gasteiger charge is -2.16. The first-order chi connectivity index (χ1) is 14.0. The summed E-state index contributed by atoms with van der Waals surface area (Å²) in [6, 6.07) is 14.0. The van der Waals surface area contributed by atoms with E-state index in [1.54, 1.807) is 7.05 Å². The molecular formula is C22H23ClN4O2. The van der Waals surface area contributed by atoms with Crippen molar-refractivity contribution >= 4 is 17.3 Å². The summed E-state index contributed by atoms with van der Waals surface area (Å²) in [5.41, 5.74) is 5.89. The van der Waals surface area contributed by atoms with Crippen molar-refractivity contribution in [1.29, 1.82) is 0 Å². The Hall–Kier alpha value is -2.86. The van der Waals surface area contributed by atoms with E-state index in [0.717, 1.165) is 29.7 Å². The summed E-state index contributed by atoms with van der Waals surface area (Å²) in [5, 5.41) is 8.38. The smallest absolute Gasteiger partial charge is 0.351 e. The quantitative estimate of drug-likeness (QED) is 0.471. The van der Waals surface area contributed by atoms with Crippen LogP contribution in [0.4, 0.5) is 0 Å². The molecule has 0 aliphatic heterocycles. The van der Waals surface area contributed by atoms with Crippen LogP contribution in [-0.4, -0.2) is 20.1 Å². The van der Waals surface area contributed by atoms with Crippen molar-refractivity contribution in [3.63, 3.8) is 0 Å². The van der Waals surface area contributed by atoms with Crippen LogP contribution in [0.15, 0.2) is 52.4 Å². The Morgan fingerprint density at radius 1 is 1.17 bits per heavy atom. The molecule has 2 aromatic carbocycles. The second-order valence-electron chi connectivity index (χ2n) is 7.28. The van der Waals surface area contributed by atoms with Crippen molar-refractivity contribution in [3.8, 4) is 5.69 Å². The molecular weight excluding hydrogens is 388 g/mol. The standard InChI is InChI=1S/C22H23ClN4O2/c1-15(17-12-11-16-7-3-4-8-18(16)13-17)25-29-14-19-9-5-6-10-20(19)27-21(23)24-26(2)22(27)28/h5-6,9-13H,3-4,7-8,14H2,1-2H3. The second kappa shape index (κ2) is 8.25. The van der Waals surface area contributed by atoms with Crippen LogP contribution < -0.4 is 5.69 Å². The van der Waals surface area contributed by atoms with Gasteiger partial charge in [0.15, 0.2) is 0 Å². The lowest BCUT2D eigenvalue weighted by atomic mass is 9.90. The summed E-state index contributed by atoms with van der Waals surface area (Å²) in [6.45, 7) is 2.16. The van der Waals surface area contributed by atoms with Crippen molar-refractivity contribution in [2.75, 3.05) is 0 Å². The molecule has 0 amide bonds. The average molecular weight is 411 g/mol. The van der Waals surface area contributed by atoms with Crippen molar-refractivity contribution in [2.24, 2.45) is 12.2 Å². The van der Waals surface area contributed by atoms with E-state index < -0.39 is 0 Å². The average Bonchev–Trinajstić information content (AvgIpc) is 2.99. The zero-order valence-electron chi connectivity index (χ0n) is 16.6. The first-order valence-corrected chi connectivity index (χ1v) is 10.1. The monoisotopic (exact) mass is 410 g/mol. The van der Waals surface area contributed by atoms with E-state index in [4.69, 9.17) is 16.4 Å². The Labute approximate surface area is 174 Å². The zero-order valence-corrected chi connectivity index (χ0v) is 17.3. The number of aryl methyl sites for hydroxylation is 3. The number of oxime groups is 1. The molecule has 0 saturated carbocycles. The molecule has 150 valence electrons. The van der Waals surface area contributed by atoms with Crippen LogP contribution in [-0.2, 0) is 31.3 Å². The summed E-state index contributed by atoms with van der Waals surface area (Å²) < 4.78 is 2.57. The Morgan fingerprint density at radius 2 is 1.93 bits per heavy atom. The van der Waals surface area contributed by atoms with Crippen LogP contribution in [0.1, 0.15) is 42.0 Å². The van der Waals surface area contributed by atoms with Crippen molar-refractivity contribution in [2.45, 2.75) is 39.2 Å². The minimum Gasteiger partial charge on any atom is -0.391 e. The van der Waals surface area contributed by atoms with Crippen LogP contribution in [0.3, 0.4) is 0 Å². The van der Waals surface area contributed by atoms with Gasteiger partial charge in [0.2, 0.25) is 5.28 Å². The number of hydrogen-bond acceptors (Lipinski definition) is 4. The van der Waals surface area contributed by atoms with Gasteiger partial charge in [0, 0.05) is 12.6 Å². The topological polar surface area (TPSA) is 61.4 Å². The van der Waals surface area contributed by atoms with E-state index in [-0.39, 0.29) is 17.6 Å². The third-order valence-electron chi connectivity index (χ3n) is 5.31. The molecule has 0 unspecified atom stereocenters. The fourth-order valence-electron chi connectivity index (χ4n) is 3.70. The van der Waals surface area contributed by atoms with Crippen LogP contribution in [0.2, 0.25) is 5.28 Å². The number of para-hydroxylation sites is 1. The molecule has 3 aromatic rings. The van der Waals surface area contributed by atoms with E-state index >= 15 is 0 Å². The third kappa shape index (κ3) is 3.98. The minimum atomic E-state index is -0.309. The maximum Gasteiger partial charge on any atom is 0.351 e. The first kappa shape index (κ1) is 19.5. The van der Waals surface area contributed by atoms with Crippen LogP contribution in [0.25, 0.3) is 5.69 Å². The Bertz CT molecular complexity index is 1130. The highest BCUT2D eigenvalue weighted by Crippen LogP contribution is 2.23. The zero-order chi connectivity index (χ0) is 20.4. The Morgan fingerprint density at radius 3 is 2.69 bits per heavy atom. The highest BCUT2D eigenvalue weighted by atomic mass is 35.5. The van der Waals surface area contributed by atoms with E-state index in [9.17, 15) is 4.79 Å². The number of fused-ring (bicyclic) bond motifs is 1. The minimum absolute atomic E-state index is 0.110. The molecule has 0 saturated heterocycles. The number of halogens is 1. The molecule has 1 aliphatic rings. The van der Waals surface area contributed by atoms with Gasteiger partial charge < -0.3 is 4.84 Å². The molecule has 7 heteroatoms. The van der Waals surface area contributed by atoms with Gasteiger partial charge in [-0.25, -0.2) is 14.0 Å². The molecule has 0 atom stereocenters. The maximum atomic E-state index is 12.3. The molecule has 6 nitrogen and oxygen atoms in total. The highest BCUT2D eigenvalue weighted by Gasteiger charge is 2.15. The van der Waals surface area contributed by atoms with Gasteiger partial charge in [0.1, 0.15) is 6.61 Å². The van der Waals surface area contributed by atoms with E-state index in [0.29, 0.717) is 5.69 Å². The van der Waals surface area contributed by atoms with Gasteiger partial charge in [-0.05, 0) is 73.0 Å². The van der Waals surface area contributed by atoms with Crippen LogP contribution >= 0.6 is 11.6 Å². The lowest BCUT2D eigenvalue weighted by molar-refractivity contribution is 0.130. The number of hydrogen-bond donors (Lipinski definition) is 0. The molecule has 0 N–H and O–H groups in total. The molecule has 0 fully saturated rings. The van der Waals surface area contributed by atoms with E-state index in [1.165, 1.54) is 33.2 Å². The first-order valence-electron chi connectivity index (χ1n) is 9.73. The molecule has 1 aliphatic carbocycles. The molecule has 4 rings (SSSR count). The summed E-state index contributed by atoms with van der Waals surface area (Å²) >= 11 is 6.14. The summed E-state index contributed by atoms with van der Waals surface area (Å²) in [4.78, 5) is 18.0. The molecule has 0 bridgehead atoms. The number of benzene rings is 2. The lowest BCUT2D eigenvalue weighted by Crippen LogP contribution is -2.22. The molecule has 1 heterocycles. The number of aromatic nitrogens is 3. The van der Waals surface area contributed by atoms with Crippen molar-refractivity contribution in [1.82, 2.24) is 14.3 Å². The predicted molar refractivity (Wildman–Crippen MR) is 114 cm³/mol.